The summed E-state index contributed by atoms with van der Waals surface area (Å²) >= 11 is 0. The Morgan fingerprint density at radius 1 is 1.47 bits per heavy atom. The van der Waals surface area contributed by atoms with E-state index in [0.29, 0.717) is 26.2 Å². The van der Waals surface area contributed by atoms with Gasteiger partial charge in [-0.05, 0) is 19.1 Å². The number of hydrogen-bond donors (Lipinski definition) is 1. The molecule has 2 heterocycles. The molecule has 0 saturated carbocycles. The van der Waals surface area contributed by atoms with Gasteiger partial charge in [-0.2, -0.15) is 0 Å². The Hall–Kier alpha value is -1.53. The maximum atomic E-state index is 13.3. The third-order valence-corrected chi connectivity index (χ3v) is 3.23. The van der Waals surface area contributed by atoms with E-state index < -0.39 is 23.6 Å². The summed E-state index contributed by atoms with van der Waals surface area (Å²) in [5.41, 5.74) is -1.55. The molecule has 0 atom stereocenters. The zero-order valence-corrected chi connectivity index (χ0v) is 10.8. The van der Waals surface area contributed by atoms with Crippen molar-refractivity contribution >= 4 is 5.78 Å². The number of Topliss-reactive ketones (excluding diaryl/α,β-unsaturated/α-hetero) is 1. The van der Waals surface area contributed by atoms with Gasteiger partial charge < -0.3 is 9.67 Å². The van der Waals surface area contributed by atoms with Crippen LogP contribution >= 0.6 is 0 Å². The molecule has 1 fully saturated rings. The molecule has 0 spiro atoms. The van der Waals surface area contributed by atoms with Crippen molar-refractivity contribution in [3.05, 3.63) is 34.2 Å². The summed E-state index contributed by atoms with van der Waals surface area (Å²) in [6.07, 6.45) is 1.59. The van der Waals surface area contributed by atoms with Gasteiger partial charge in [0, 0.05) is 32.4 Å². The van der Waals surface area contributed by atoms with Crippen LogP contribution in [-0.2, 0) is 6.54 Å². The number of nitrogens with zero attached hydrogens (tertiary/aromatic N) is 2. The van der Waals surface area contributed by atoms with E-state index in [0.717, 1.165) is 0 Å². The maximum Gasteiger partial charge on any atom is 0.261 e. The van der Waals surface area contributed by atoms with Crippen LogP contribution in [-0.4, -0.2) is 52.3 Å². The fourth-order valence-corrected chi connectivity index (χ4v) is 2.30. The van der Waals surface area contributed by atoms with Crippen LogP contribution in [0.3, 0.4) is 0 Å². The molecular formula is C13H17FN2O3. The van der Waals surface area contributed by atoms with Gasteiger partial charge in [-0.15, -0.1) is 0 Å². The van der Waals surface area contributed by atoms with Gasteiger partial charge in [0.1, 0.15) is 12.3 Å². The summed E-state index contributed by atoms with van der Waals surface area (Å²) in [4.78, 5) is 25.2. The molecule has 1 N–H and O–H groups in total. The minimum atomic E-state index is -1.13. The van der Waals surface area contributed by atoms with Crippen molar-refractivity contribution in [1.82, 2.24) is 9.47 Å². The molecule has 2 rings (SSSR count). The van der Waals surface area contributed by atoms with Gasteiger partial charge in [0.25, 0.3) is 5.56 Å². The second-order valence-electron chi connectivity index (χ2n) is 5.13. The minimum absolute atomic E-state index is 0.0102. The van der Waals surface area contributed by atoms with E-state index in [4.69, 9.17) is 5.11 Å². The Kier molecular flexibility index (Phi) is 3.82. The van der Waals surface area contributed by atoms with Crippen LogP contribution < -0.4 is 5.56 Å². The number of hydrogen-bond acceptors (Lipinski definition) is 4. The lowest BCUT2D eigenvalue weighted by molar-refractivity contribution is -0.0189. The molecular weight excluding hydrogens is 251 g/mol. The third-order valence-electron chi connectivity index (χ3n) is 3.23. The zero-order chi connectivity index (χ0) is 14.0. The lowest BCUT2D eigenvalue weighted by atomic mass is 9.99. The number of carbonyl (C=O) groups is 1. The Bertz CT molecular complexity index is 531. The Balaban J connectivity index is 2.02. The molecule has 0 aromatic carbocycles. The van der Waals surface area contributed by atoms with E-state index in [1.165, 1.54) is 10.6 Å². The van der Waals surface area contributed by atoms with Crippen LogP contribution in [0.15, 0.2) is 23.1 Å². The number of aliphatic hydroxyl groups excluding tert-OH is 1. The molecule has 6 heteroatoms. The van der Waals surface area contributed by atoms with Crippen LogP contribution in [0.5, 0.6) is 0 Å². The highest BCUT2D eigenvalue weighted by atomic mass is 19.1. The Morgan fingerprint density at radius 3 is 2.74 bits per heavy atom. The lowest BCUT2D eigenvalue weighted by Gasteiger charge is -2.42. The number of rotatable bonds is 5. The normalized spacial score (nSPS) is 18.1. The molecule has 104 valence electrons. The molecule has 5 nitrogen and oxygen atoms in total. The number of halogens is 1. The highest BCUT2D eigenvalue weighted by Crippen LogP contribution is 2.23. The molecule has 1 aromatic heterocycles. The van der Waals surface area contributed by atoms with Crippen molar-refractivity contribution in [2.75, 3.05) is 26.2 Å². The molecule has 0 radical (unpaired) electrons. The first-order valence-corrected chi connectivity index (χ1v) is 6.18. The van der Waals surface area contributed by atoms with Gasteiger partial charge in [-0.25, -0.2) is 4.39 Å². The smallest absolute Gasteiger partial charge is 0.261 e. The number of aromatic nitrogens is 1. The van der Waals surface area contributed by atoms with Crippen LogP contribution in [0, 0.1) is 0 Å². The van der Waals surface area contributed by atoms with Gasteiger partial charge in [0.2, 0.25) is 0 Å². The number of aliphatic hydroxyl groups is 1. The average Bonchev–Trinajstić information content (AvgIpc) is 2.34. The monoisotopic (exact) mass is 268 g/mol. The van der Waals surface area contributed by atoms with E-state index in [1.807, 2.05) is 4.90 Å². The number of pyridine rings is 1. The molecule has 1 saturated heterocycles. The molecule has 1 aliphatic rings. The third kappa shape index (κ3) is 3.08. The second kappa shape index (κ2) is 5.22. The summed E-state index contributed by atoms with van der Waals surface area (Å²) in [5.74, 6) is -0.584. The molecule has 0 aliphatic carbocycles. The van der Waals surface area contributed by atoms with Gasteiger partial charge in [-0.1, -0.05) is 0 Å². The number of likely N-dealkylation sites (tertiary alicyclic amines) is 1. The van der Waals surface area contributed by atoms with E-state index in [9.17, 15) is 14.0 Å². The predicted octanol–water partition coefficient (Wildman–Crippen LogP) is 0.0671. The van der Waals surface area contributed by atoms with Gasteiger partial charge in [-0.3, -0.25) is 14.5 Å². The molecule has 1 aliphatic heterocycles. The molecule has 1 aromatic rings. The van der Waals surface area contributed by atoms with Crippen molar-refractivity contribution in [2.24, 2.45) is 0 Å². The van der Waals surface area contributed by atoms with E-state index in [-0.39, 0.29) is 5.56 Å². The van der Waals surface area contributed by atoms with Crippen molar-refractivity contribution in [1.29, 1.82) is 0 Å². The molecule has 0 amide bonds. The standard InChI is InChI=1S/C13H17FN2O3/c1-13(14)8-15(9-13)5-6-16-4-2-3-10(12(16)19)11(18)7-17/h2-4,17H,5-9H2,1H3. The van der Waals surface area contributed by atoms with Crippen molar-refractivity contribution in [2.45, 2.75) is 19.1 Å². The van der Waals surface area contributed by atoms with Crippen LogP contribution in [0.1, 0.15) is 17.3 Å². The summed E-state index contributed by atoms with van der Waals surface area (Å²) < 4.78 is 14.7. The Labute approximate surface area is 110 Å². The van der Waals surface area contributed by atoms with Crippen molar-refractivity contribution < 1.29 is 14.3 Å². The van der Waals surface area contributed by atoms with E-state index in [2.05, 4.69) is 0 Å². The lowest BCUT2D eigenvalue weighted by Crippen LogP contribution is -2.57. The number of carbonyl (C=O) groups excluding carboxylic acids is 1. The maximum absolute atomic E-state index is 13.3. The molecule has 19 heavy (non-hydrogen) atoms. The zero-order valence-electron chi connectivity index (χ0n) is 10.8. The fourth-order valence-electron chi connectivity index (χ4n) is 2.30. The first-order valence-electron chi connectivity index (χ1n) is 6.18. The highest BCUT2D eigenvalue weighted by molar-refractivity contribution is 5.96. The van der Waals surface area contributed by atoms with Crippen molar-refractivity contribution in [3.8, 4) is 0 Å². The van der Waals surface area contributed by atoms with Crippen molar-refractivity contribution in [3.63, 3.8) is 0 Å². The van der Waals surface area contributed by atoms with Crippen LogP contribution in [0.4, 0.5) is 4.39 Å². The van der Waals surface area contributed by atoms with Gasteiger partial charge in [0.05, 0.1) is 5.56 Å². The summed E-state index contributed by atoms with van der Waals surface area (Å²) in [6, 6.07) is 3.00. The quantitative estimate of drug-likeness (QED) is 0.768. The topological polar surface area (TPSA) is 62.5 Å². The Morgan fingerprint density at radius 2 is 2.16 bits per heavy atom. The first kappa shape index (κ1) is 13.9. The predicted molar refractivity (Wildman–Crippen MR) is 68.1 cm³/mol. The minimum Gasteiger partial charge on any atom is -0.388 e. The number of ketones is 1. The fraction of sp³-hybridized carbons (Fsp3) is 0.538. The first-order chi connectivity index (χ1) is 8.93. The molecule has 0 unspecified atom stereocenters. The van der Waals surface area contributed by atoms with Crippen LogP contribution in [0.2, 0.25) is 0 Å². The second-order valence-corrected chi connectivity index (χ2v) is 5.13. The van der Waals surface area contributed by atoms with E-state index >= 15 is 0 Å². The summed E-state index contributed by atoms with van der Waals surface area (Å²) in [5, 5.41) is 8.78. The van der Waals surface area contributed by atoms with Crippen LogP contribution in [0.25, 0.3) is 0 Å². The van der Waals surface area contributed by atoms with E-state index in [1.54, 1.807) is 19.2 Å². The van der Waals surface area contributed by atoms with Gasteiger partial charge >= 0.3 is 0 Å². The highest BCUT2D eigenvalue weighted by Gasteiger charge is 2.38. The van der Waals surface area contributed by atoms with Gasteiger partial charge in [0.15, 0.2) is 5.78 Å². The average molecular weight is 268 g/mol. The largest absolute Gasteiger partial charge is 0.388 e. The number of alkyl halides is 1. The summed E-state index contributed by atoms with van der Waals surface area (Å²) in [6.45, 7) is 2.59. The summed E-state index contributed by atoms with van der Waals surface area (Å²) in [7, 11) is 0. The SMILES string of the molecule is CC1(F)CN(CCn2cccc(C(=O)CO)c2=O)C1. The molecule has 0 bridgehead atoms.